The van der Waals surface area contributed by atoms with Gasteiger partial charge in [-0.1, -0.05) is 13.8 Å². The first-order valence-electron chi connectivity index (χ1n) is 6.01. The standard InChI is InChI=1S/C11H18N4O3/c1-6(2)3-8-7(16)4-9(18-8)15-5-13-10(12)14-11(15)17/h5-9,16H,3-4H2,1-2H3,(H2,12,14,17)/t7-,8+,9+/m0/s1. The van der Waals surface area contributed by atoms with E-state index in [4.69, 9.17) is 10.5 Å². The van der Waals surface area contributed by atoms with Crippen molar-refractivity contribution < 1.29 is 9.84 Å². The number of nitrogens with two attached hydrogens (primary N) is 1. The smallest absolute Gasteiger partial charge is 0.354 e. The Balaban J connectivity index is 2.14. The number of aliphatic hydroxyl groups excluding tert-OH is 1. The molecule has 2 heterocycles. The van der Waals surface area contributed by atoms with E-state index >= 15 is 0 Å². The molecule has 100 valence electrons. The van der Waals surface area contributed by atoms with Gasteiger partial charge in [-0.15, -0.1) is 0 Å². The highest BCUT2D eigenvalue weighted by Gasteiger charge is 2.35. The number of rotatable bonds is 3. The fourth-order valence-electron chi connectivity index (χ4n) is 2.12. The minimum Gasteiger partial charge on any atom is -0.390 e. The first-order chi connectivity index (χ1) is 8.47. The van der Waals surface area contributed by atoms with Gasteiger partial charge in [0.25, 0.3) is 0 Å². The average molecular weight is 254 g/mol. The maximum Gasteiger partial charge on any atom is 0.354 e. The fourth-order valence-corrected chi connectivity index (χ4v) is 2.12. The van der Waals surface area contributed by atoms with E-state index in [1.165, 1.54) is 10.9 Å². The van der Waals surface area contributed by atoms with Crippen molar-refractivity contribution in [2.75, 3.05) is 5.73 Å². The summed E-state index contributed by atoms with van der Waals surface area (Å²) in [5.74, 6) is 0.358. The molecular weight excluding hydrogens is 236 g/mol. The number of nitrogens with zero attached hydrogens (tertiary/aromatic N) is 3. The van der Waals surface area contributed by atoms with E-state index in [2.05, 4.69) is 23.8 Å². The lowest BCUT2D eigenvalue weighted by Gasteiger charge is -2.17. The summed E-state index contributed by atoms with van der Waals surface area (Å²) < 4.78 is 6.95. The molecule has 1 saturated heterocycles. The largest absolute Gasteiger partial charge is 0.390 e. The van der Waals surface area contributed by atoms with Gasteiger partial charge in [0.15, 0.2) is 0 Å². The fraction of sp³-hybridized carbons (Fsp3) is 0.727. The van der Waals surface area contributed by atoms with Crippen LogP contribution in [-0.4, -0.2) is 31.8 Å². The molecular formula is C11H18N4O3. The summed E-state index contributed by atoms with van der Waals surface area (Å²) in [6.45, 7) is 4.11. The maximum absolute atomic E-state index is 11.6. The van der Waals surface area contributed by atoms with Crippen LogP contribution in [0, 0.1) is 5.92 Å². The third-order valence-electron chi connectivity index (χ3n) is 2.96. The van der Waals surface area contributed by atoms with Crippen LogP contribution in [0.2, 0.25) is 0 Å². The Bertz CT molecular complexity index is 474. The number of anilines is 1. The van der Waals surface area contributed by atoms with Crippen molar-refractivity contribution in [3.63, 3.8) is 0 Å². The highest BCUT2D eigenvalue weighted by Crippen LogP contribution is 2.30. The van der Waals surface area contributed by atoms with Gasteiger partial charge in [0, 0.05) is 6.42 Å². The van der Waals surface area contributed by atoms with Crippen molar-refractivity contribution in [1.29, 1.82) is 0 Å². The normalized spacial score (nSPS) is 27.9. The molecule has 1 aliphatic rings. The number of aromatic nitrogens is 3. The second-order valence-electron chi connectivity index (χ2n) is 4.97. The van der Waals surface area contributed by atoms with Gasteiger partial charge >= 0.3 is 5.69 Å². The van der Waals surface area contributed by atoms with E-state index < -0.39 is 18.0 Å². The molecule has 1 fully saturated rings. The summed E-state index contributed by atoms with van der Waals surface area (Å²) in [6.07, 6.45) is 1.09. The minimum absolute atomic E-state index is 0.0616. The van der Waals surface area contributed by atoms with Gasteiger partial charge in [-0.2, -0.15) is 4.98 Å². The van der Waals surface area contributed by atoms with Gasteiger partial charge < -0.3 is 15.6 Å². The molecule has 0 radical (unpaired) electrons. The zero-order valence-electron chi connectivity index (χ0n) is 10.5. The van der Waals surface area contributed by atoms with Crippen molar-refractivity contribution in [3.05, 3.63) is 16.8 Å². The molecule has 0 aromatic carbocycles. The Labute approximate surface area is 105 Å². The molecule has 1 aromatic rings. The molecule has 0 unspecified atom stereocenters. The number of nitrogen functional groups attached to an aromatic ring is 1. The van der Waals surface area contributed by atoms with Crippen molar-refractivity contribution >= 4 is 5.95 Å². The molecule has 0 saturated carbocycles. The van der Waals surface area contributed by atoms with Gasteiger partial charge in [0.05, 0.1) is 12.2 Å². The number of hydrogen-bond acceptors (Lipinski definition) is 6. The van der Waals surface area contributed by atoms with Crippen LogP contribution >= 0.6 is 0 Å². The highest BCUT2D eigenvalue weighted by atomic mass is 16.5. The van der Waals surface area contributed by atoms with Crippen LogP contribution in [0.25, 0.3) is 0 Å². The van der Waals surface area contributed by atoms with E-state index in [1.54, 1.807) is 0 Å². The average Bonchev–Trinajstić information content (AvgIpc) is 2.59. The molecule has 2 rings (SSSR count). The monoisotopic (exact) mass is 254 g/mol. The third-order valence-corrected chi connectivity index (χ3v) is 2.96. The molecule has 7 nitrogen and oxygen atoms in total. The lowest BCUT2D eigenvalue weighted by molar-refractivity contribution is -0.0300. The van der Waals surface area contributed by atoms with Gasteiger partial charge in [-0.25, -0.2) is 9.78 Å². The Morgan fingerprint density at radius 3 is 3.00 bits per heavy atom. The van der Waals surface area contributed by atoms with Crippen molar-refractivity contribution in [2.24, 2.45) is 5.92 Å². The van der Waals surface area contributed by atoms with Crippen LogP contribution < -0.4 is 11.4 Å². The Hall–Kier alpha value is -1.47. The molecule has 1 aliphatic heterocycles. The predicted molar refractivity (Wildman–Crippen MR) is 64.7 cm³/mol. The Morgan fingerprint density at radius 2 is 2.39 bits per heavy atom. The summed E-state index contributed by atoms with van der Waals surface area (Å²) in [4.78, 5) is 18.9. The highest BCUT2D eigenvalue weighted by molar-refractivity contribution is 5.09. The van der Waals surface area contributed by atoms with E-state index in [0.717, 1.165) is 6.42 Å². The molecule has 0 spiro atoms. The molecule has 0 aliphatic carbocycles. The number of ether oxygens (including phenoxy) is 1. The molecule has 1 aromatic heterocycles. The quantitative estimate of drug-likeness (QED) is 0.781. The van der Waals surface area contributed by atoms with Gasteiger partial charge in [0.1, 0.15) is 12.6 Å². The van der Waals surface area contributed by atoms with Crippen molar-refractivity contribution in [2.45, 2.75) is 45.1 Å². The molecule has 3 atom stereocenters. The van der Waals surface area contributed by atoms with Crippen LogP contribution in [0.1, 0.15) is 32.9 Å². The van der Waals surface area contributed by atoms with Gasteiger partial charge in [-0.3, -0.25) is 4.57 Å². The van der Waals surface area contributed by atoms with Crippen LogP contribution in [0.4, 0.5) is 5.95 Å². The summed E-state index contributed by atoms with van der Waals surface area (Å²) in [5.41, 5.74) is 4.81. The van der Waals surface area contributed by atoms with Crippen LogP contribution in [0.15, 0.2) is 11.1 Å². The molecule has 0 bridgehead atoms. The van der Waals surface area contributed by atoms with Crippen molar-refractivity contribution in [3.8, 4) is 0 Å². The third kappa shape index (κ3) is 2.68. The summed E-state index contributed by atoms with van der Waals surface area (Å²) in [5, 5.41) is 9.91. The molecule has 3 N–H and O–H groups in total. The number of aliphatic hydroxyl groups is 1. The molecule has 7 heteroatoms. The lowest BCUT2D eigenvalue weighted by atomic mass is 10.0. The summed E-state index contributed by atoms with van der Waals surface area (Å²) in [6, 6.07) is 0. The second kappa shape index (κ2) is 5.03. The molecule has 0 amide bonds. The second-order valence-corrected chi connectivity index (χ2v) is 4.97. The van der Waals surface area contributed by atoms with Gasteiger partial charge in [0.2, 0.25) is 5.95 Å². The Morgan fingerprint density at radius 1 is 1.67 bits per heavy atom. The lowest BCUT2D eigenvalue weighted by Crippen LogP contribution is -2.28. The molecule has 18 heavy (non-hydrogen) atoms. The van der Waals surface area contributed by atoms with Crippen molar-refractivity contribution in [1.82, 2.24) is 14.5 Å². The first-order valence-corrected chi connectivity index (χ1v) is 6.01. The summed E-state index contributed by atoms with van der Waals surface area (Å²) >= 11 is 0. The first kappa shape index (κ1) is 13.0. The predicted octanol–water partition coefficient (Wildman–Crippen LogP) is -0.0850. The topological polar surface area (TPSA) is 103 Å². The van der Waals surface area contributed by atoms with E-state index in [-0.39, 0.29) is 12.1 Å². The Kier molecular flexibility index (Phi) is 3.63. The maximum atomic E-state index is 11.6. The zero-order chi connectivity index (χ0) is 13.3. The zero-order valence-corrected chi connectivity index (χ0v) is 10.5. The SMILES string of the molecule is CC(C)C[C@H]1O[C@@H](n2cnc(N)nc2=O)C[C@@H]1O. The van der Waals surface area contributed by atoms with E-state index in [9.17, 15) is 9.90 Å². The van der Waals surface area contributed by atoms with Crippen LogP contribution in [0.5, 0.6) is 0 Å². The van der Waals surface area contributed by atoms with E-state index in [1.807, 2.05) is 0 Å². The minimum atomic E-state index is -0.568. The van der Waals surface area contributed by atoms with E-state index in [0.29, 0.717) is 12.3 Å². The van der Waals surface area contributed by atoms with Gasteiger partial charge in [-0.05, 0) is 12.3 Å². The van der Waals surface area contributed by atoms with Crippen LogP contribution in [-0.2, 0) is 4.74 Å². The number of hydrogen-bond donors (Lipinski definition) is 2. The van der Waals surface area contributed by atoms with Crippen LogP contribution in [0.3, 0.4) is 0 Å². The summed E-state index contributed by atoms with van der Waals surface area (Å²) in [7, 11) is 0.